The summed E-state index contributed by atoms with van der Waals surface area (Å²) in [6.07, 6.45) is 1.76. The number of rotatable bonds is 3. The molecule has 0 bridgehead atoms. The van der Waals surface area contributed by atoms with E-state index >= 15 is 0 Å². The van der Waals surface area contributed by atoms with Crippen LogP contribution in [0.2, 0.25) is 0 Å². The third kappa shape index (κ3) is 2.42. The predicted octanol–water partition coefficient (Wildman–Crippen LogP) is 3.28. The smallest absolute Gasteiger partial charge is 0.214 e. The molecule has 0 saturated heterocycles. The van der Waals surface area contributed by atoms with E-state index in [1.807, 2.05) is 31.2 Å². The third-order valence-electron chi connectivity index (χ3n) is 2.98. The third-order valence-corrected chi connectivity index (χ3v) is 3.86. The zero-order chi connectivity index (χ0) is 13.2. The van der Waals surface area contributed by atoms with Crippen LogP contribution in [0, 0.1) is 13.8 Å². The summed E-state index contributed by atoms with van der Waals surface area (Å²) in [6.45, 7) is 4.56. The Morgan fingerprint density at radius 2 is 2.05 bits per heavy atom. The molecular weight excluding hydrogens is 258 g/mol. The molecule has 0 fully saturated rings. The van der Waals surface area contributed by atoms with E-state index in [1.54, 1.807) is 6.20 Å². The van der Waals surface area contributed by atoms with E-state index in [0.29, 0.717) is 12.5 Å². The lowest BCUT2D eigenvalue weighted by molar-refractivity contribution is 0.294. The van der Waals surface area contributed by atoms with Crippen molar-refractivity contribution in [3.8, 4) is 5.88 Å². The highest BCUT2D eigenvalue weighted by molar-refractivity contribution is 7.05. The molecule has 0 spiro atoms. The first-order chi connectivity index (χ1) is 9.24. The highest BCUT2D eigenvalue weighted by Crippen LogP contribution is 2.20. The summed E-state index contributed by atoms with van der Waals surface area (Å²) in [5, 5.41) is 0. The Hall–Kier alpha value is -2.01. The van der Waals surface area contributed by atoms with Crippen LogP contribution in [0.5, 0.6) is 5.88 Å². The molecule has 3 rings (SSSR count). The molecule has 0 atom stereocenters. The minimum Gasteiger partial charge on any atom is -0.473 e. The number of aromatic nitrogens is 3. The molecule has 19 heavy (non-hydrogen) atoms. The van der Waals surface area contributed by atoms with Gasteiger partial charge in [-0.3, -0.25) is 4.98 Å². The van der Waals surface area contributed by atoms with Gasteiger partial charge < -0.3 is 4.74 Å². The van der Waals surface area contributed by atoms with Gasteiger partial charge in [-0.05, 0) is 43.6 Å². The average Bonchev–Trinajstić information content (AvgIpc) is 2.76. The van der Waals surface area contributed by atoms with Gasteiger partial charge in [0.15, 0.2) is 0 Å². The van der Waals surface area contributed by atoms with E-state index in [0.717, 1.165) is 22.3 Å². The fourth-order valence-electron chi connectivity index (χ4n) is 1.87. The Kier molecular flexibility index (Phi) is 3.13. The monoisotopic (exact) mass is 271 g/mol. The van der Waals surface area contributed by atoms with Crippen LogP contribution in [0.3, 0.4) is 0 Å². The molecule has 0 amide bonds. The lowest BCUT2D eigenvalue weighted by Gasteiger charge is -2.06. The van der Waals surface area contributed by atoms with Crippen molar-refractivity contribution in [1.82, 2.24) is 14.3 Å². The van der Waals surface area contributed by atoms with Gasteiger partial charge in [0.1, 0.15) is 6.61 Å². The second-order valence-corrected chi connectivity index (χ2v) is 5.26. The highest BCUT2D eigenvalue weighted by atomic mass is 32.1. The van der Waals surface area contributed by atoms with Crippen molar-refractivity contribution in [2.24, 2.45) is 0 Å². The SMILES string of the molecule is Cc1nsc(C)c1COc1ccc2ncccc2n1. The van der Waals surface area contributed by atoms with Crippen molar-refractivity contribution in [2.75, 3.05) is 0 Å². The van der Waals surface area contributed by atoms with Crippen molar-refractivity contribution < 1.29 is 4.74 Å². The summed E-state index contributed by atoms with van der Waals surface area (Å²) in [5.74, 6) is 0.616. The maximum Gasteiger partial charge on any atom is 0.214 e. The molecule has 96 valence electrons. The second-order valence-electron chi connectivity index (χ2n) is 4.28. The summed E-state index contributed by atoms with van der Waals surface area (Å²) >= 11 is 1.51. The molecule has 0 aliphatic heterocycles. The lowest BCUT2D eigenvalue weighted by atomic mass is 10.2. The van der Waals surface area contributed by atoms with Crippen molar-refractivity contribution in [1.29, 1.82) is 0 Å². The summed E-state index contributed by atoms with van der Waals surface area (Å²) in [4.78, 5) is 9.86. The minimum atomic E-state index is 0.507. The molecule has 0 radical (unpaired) electrons. The fraction of sp³-hybridized carbons (Fsp3) is 0.214. The molecular formula is C14H13N3OS. The normalized spacial score (nSPS) is 10.8. The van der Waals surface area contributed by atoms with Crippen LogP contribution >= 0.6 is 11.5 Å². The van der Waals surface area contributed by atoms with Crippen LogP contribution in [-0.2, 0) is 6.61 Å². The van der Waals surface area contributed by atoms with E-state index in [1.165, 1.54) is 16.4 Å². The van der Waals surface area contributed by atoms with Gasteiger partial charge in [0.25, 0.3) is 0 Å². The molecule has 4 nitrogen and oxygen atoms in total. The quantitative estimate of drug-likeness (QED) is 0.733. The van der Waals surface area contributed by atoms with Crippen molar-refractivity contribution in [3.63, 3.8) is 0 Å². The van der Waals surface area contributed by atoms with Crippen LogP contribution in [0.1, 0.15) is 16.1 Å². The Balaban J connectivity index is 1.82. The molecule has 0 N–H and O–H groups in total. The van der Waals surface area contributed by atoms with Gasteiger partial charge >= 0.3 is 0 Å². The molecule has 0 aliphatic carbocycles. The van der Waals surface area contributed by atoms with Gasteiger partial charge in [-0.25, -0.2) is 4.98 Å². The van der Waals surface area contributed by atoms with Crippen LogP contribution in [-0.4, -0.2) is 14.3 Å². The Morgan fingerprint density at radius 1 is 1.16 bits per heavy atom. The van der Waals surface area contributed by atoms with Crippen LogP contribution < -0.4 is 4.74 Å². The zero-order valence-corrected chi connectivity index (χ0v) is 11.6. The van der Waals surface area contributed by atoms with Crippen LogP contribution in [0.4, 0.5) is 0 Å². The molecule has 0 aromatic carbocycles. The van der Waals surface area contributed by atoms with E-state index < -0.39 is 0 Å². The van der Waals surface area contributed by atoms with Crippen molar-refractivity contribution >= 4 is 22.6 Å². The summed E-state index contributed by atoms with van der Waals surface area (Å²) in [5.41, 5.74) is 3.90. The zero-order valence-electron chi connectivity index (χ0n) is 10.8. The molecule has 0 aliphatic rings. The number of aryl methyl sites for hydroxylation is 2. The van der Waals surface area contributed by atoms with Crippen LogP contribution in [0.15, 0.2) is 30.5 Å². The summed E-state index contributed by atoms with van der Waals surface area (Å²) in [6, 6.07) is 7.57. The largest absolute Gasteiger partial charge is 0.473 e. The molecule has 0 saturated carbocycles. The predicted molar refractivity (Wildman–Crippen MR) is 75.5 cm³/mol. The lowest BCUT2D eigenvalue weighted by Crippen LogP contribution is -1.99. The summed E-state index contributed by atoms with van der Waals surface area (Å²) < 4.78 is 10.1. The van der Waals surface area contributed by atoms with Crippen LogP contribution in [0.25, 0.3) is 11.0 Å². The first-order valence-corrected chi connectivity index (χ1v) is 6.78. The summed E-state index contributed by atoms with van der Waals surface area (Å²) in [7, 11) is 0. The maximum atomic E-state index is 5.75. The van der Waals surface area contributed by atoms with Gasteiger partial charge in [-0.1, -0.05) is 0 Å². The van der Waals surface area contributed by atoms with Gasteiger partial charge in [-0.2, -0.15) is 4.37 Å². The van der Waals surface area contributed by atoms with Crippen molar-refractivity contribution in [2.45, 2.75) is 20.5 Å². The standard InChI is InChI=1S/C14H13N3OS/c1-9-11(10(2)19-17-9)8-18-14-6-5-12-13(16-14)4-3-7-15-12/h3-7H,8H2,1-2H3. The first-order valence-electron chi connectivity index (χ1n) is 6.00. The molecule has 5 heteroatoms. The van der Waals surface area contributed by atoms with E-state index in [4.69, 9.17) is 4.74 Å². The average molecular weight is 271 g/mol. The second kappa shape index (κ2) is 4.93. The highest BCUT2D eigenvalue weighted by Gasteiger charge is 2.08. The number of hydrogen-bond donors (Lipinski definition) is 0. The van der Waals surface area contributed by atoms with E-state index in [2.05, 4.69) is 21.3 Å². The number of pyridine rings is 2. The number of fused-ring (bicyclic) bond motifs is 1. The van der Waals surface area contributed by atoms with E-state index in [9.17, 15) is 0 Å². The number of hydrogen-bond acceptors (Lipinski definition) is 5. The Labute approximate surface area is 115 Å². The molecule has 3 aromatic heterocycles. The van der Waals surface area contributed by atoms with Gasteiger partial charge in [0.2, 0.25) is 5.88 Å². The maximum absolute atomic E-state index is 5.75. The van der Waals surface area contributed by atoms with Crippen molar-refractivity contribution in [3.05, 3.63) is 46.6 Å². The fourth-order valence-corrected chi connectivity index (χ4v) is 2.57. The first kappa shape index (κ1) is 12.0. The topological polar surface area (TPSA) is 47.9 Å². The van der Waals surface area contributed by atoms with Gasteiger partial charge in [-0.15, -0.1) is 0 Å². The molecule has 3 heterocycles. The van der Waals surface area contributed by atoms with E-state index in [-0.39, 0.29) is 0 Å². The van der Waals surface area contributed by atoms with Gasteiger partial charge in [0, 0.05) is 22.7 Å². The Morgan fingerprint density at radius 3 is 2.84 bits per heavy atom. The Bertz CT molecular complexity index is 704. The molecule has 3 aromatic rings. The van der Waals surface area contributed by atoms with Gasteiger partial charge in [0.05, 0.1) is 16.7 Å². The minimum absolute atomic E-state index is 0.507. The number of nitrogens with zero attached hydrogens (tertiary/aromatic N) is 3. The number of ether oxygens (including phenoxy) is 1. The molecule has 0 unspecified atom stereocenters.